The van der Waals surface area contributed by atoms with Gasteiger partial charge in [0.05, 0.1) is 12.1 Å². The first-order chi connectivity index (χ1) is 19.8. The summed E-state index contributed by atoms with van der Waals surface area (Å²) in [6, 6.07) is 27.0. The van der Waals surface area contributed by atoms with E-state index in [1.807, 2.05) is 45.3 Å². The van der Waals surface area contributed by atoms with Gasteiger partial charge in [-0.2, -0.15) is 0 Å². The van der Waals surface area contributed by atoms with Crippen molar-refractivity contribution in [2.45, 2.75) is 37.8 Å². The number of hydrogen-bond acceptors (Lipinski definition) is 8. The average molecular weight is 631 g/mol. The first-order valence-electron chi connectivity index (χ1n) is 13.3. The van der Waals surface area contributed by atoms with Gasteiger partial charge in [0.25, 0.3) is 0 Å². The van der Waals surface area contributed by atoms with Gasteiger partial charge in [-0.15, -0.1) is 68.0 Å². The predicted octanol–water partition coefficient (Wildman–Crippen LogP) is 11.6. The molecule has 6 aromatic heterocycles. The van der Waals surface area contributed by atoms with Gasteiger partial charge in [-0.05, 0) is 84.3 Å². The van der Waals surface area contributed by atoms with E-state index in [0.717, 1.165) is 12.8 Å². The van der Waals surface area contributed by atoms with Crippen LogP contribution in [0.1, 0.15) is 35.4 Å². The summed E-state index contributed by atoms with van der Waals surface area (Å²) in [6.45, 7) is 0. The van der Waals surface area contributed by atoms with Gasteiger partial charge in [0.2, 0.25) is 0 Å². The molecule has 40 heavy (non-hydrogen) atoms. The highest BCUT2D eigenvalue weighted by molar-refractivity contribution is 7.27. The van der Waals surface area contributed by atoms with E-state index in [1.54, 1.807) is 22.7 Å². The SMILES string of the molecule is C(=N[C@H]1CCCC[C@@H]1N=Cc1ccc(-c2ccc(-c3cccs3)s2)s1)c1ccc(-c2ccc(-c3cccs3)s2)s1. The van der Waals surface area contributed by atoms with Crippen molar-refractivity contribution in [3.05, 3.63) is 93.3 Å². The first kappa shape index (κ1) is 26.4. The molecule has 1 saturated carbocycles. The molecule has 2 nitrogen and oxygen atoms in total. The number of hydrogen-bond donors (Lipinski definition) is 0. The second kappa shape index (κ2) is 12.2. The van der Waals surface area contributed by atoms with E-state index in [9.17, 15) is 0 Å². The Morgan fingerprint density at radius 1 is 0.475 bits per heavy atom. The van der Waals surface area contributed by atoms with Gasteiger partial charge >= 0.3 is 0 Å². The van der Waals surface area contributed by atoms with Gasteiger partial charge in [0.1, 0.15) is 0 Å². The summed E-state index contributed by atoms with van der Waals surface area (Å²) in [6.07, 6.45) is 8.87. The van der Waals surface area contributed by atoms with Crippen LogP contribution < -0.4 is 0 Å². The van der Waals surface area contributed by atoms with E-state index in [4.69, 9.17) is 9.98 Å². The van der Waals surface area contributed by atoms with E-state index in [1.165, 1.54) is 61.6 Å². The van der Waals surface area contributed by atoms with Crippen LogP contribution in [-0.4, -0.2) is 24.5 Å². The van der Waals surface area contributed by atoms with Crippen molar-refractivity contribution in [3.8, 4) is 39.0 Å². The predicted molar refractivity (Wildman–Crippen MR) is 183 cm³/mol. The molecule has 1 fully saturated rings. The molecule has 8 heteroatoms. The lowest BCUT2D eigenvalue weighted by atomic mass is 9.91. The third kappa shape index (κ3) is 5.93. The molecule has 0 N–H and O–H groups in total. The monoisotopic (exact) mass is 630 g/mol. The van der Waals surface area contributed by atoms with Crippen molar-refractivity contribution in [2.75, 3.05) is 0 Å². The van der Waals surface area contributed by atoms with Crippen molar-refractivity contribution in [1.82, 2.24) is 0 Å². The van der Waals surface area contributed by atoms with Crippen LogP contribution in [0.4, 0.5) is 0 Å². The summed E-state index contributed by atoms with van der Waals surface area (Å²) in [5, 5.41) is 4.28. The molecule has 200 valence electrons. The first-order valence-corrected chi connectivity index (χ1v) is 18.4. The highest BCUT2D eigenvalue weighted by Crippen LogP contribution is 2.40. The van der Waals surface area contributed by atoms with Gasteiger partial charge in [-0.3, -0.25) is 9.98 Å². The topological polar surface area (TPSA) is 24.7 Å². The molecule has 6 heterocycles. The standard InChI is InChI=1S/C32H26N2S6/c1-2-6-24(34-20-22-10-12-30(38-22)32-16-14-28(40-32)26-8-4-18-36-26)23(5-1)33-19-21-9-11-29(37-21)31-15-13-27(39-31)25-7-3-17-35-25/h3-4,7-20,23-24H,1-2,5-6H2/t23-,24-/m0/s1. The minimum Gasteiger partial charge on any atom is -0.286 e. The molecule has 0 amide bonds. The molecule has 1 aliphatic carbocycles. The molecule has 0 spiro atoms. The number of nitrogens with zero attached hydrogens (tertiary/aromatic N) is 2. The Balaban J connectivity index is 1.01. The fourth-order valence-corrected chi connectivity index (χ4v) is 10.6. The van der Waals surface area contributed by atoms with Crippen molar-refractivity contribution < 1.29 is 0 Å². The third-order valence-electron chi connectivity index (χ3n) is 6.96. The van der Waals surface area contributed by atoms with Crippen LogP contribution >= 0.6 is 68.0 Å². The Morgan fingerprint density at radius 2 is 0.875 bits per heavy atom. The number of aliphatic imine (C=N–C) groups is 2. The molecule has 1 aliphatic rings. The summed E-state index contributed by atoms with van der Waals surface area (Å²) in [5.74, 6) is 0. The van der Waals surface area contributed by atoms with Crippen LogP contribution in [-0.2, 0) is 0 Å². The zero-order chi connectivity index (χ0) is 26.7. The Kier molecular flexibility index (Phi) is 8.06. The maximum absolute atomic E-state index is 5.06. The fraction of sp³-hybridized carbons (Fsp3) is 0.188. The molecule has 0 aliphatic heterocycles. The lowest BCUT2D eigenvalue weighted by Gasteiger charge is -2.25. The lowest BCUT2D eigenvalue weighted by molar-refractivity contribution is 0.390. The van der Waals surface area contributed by atoms with E-state index in [-0.39, 0.29) is 12.1 Å². The van der Waals surface area contributed by atoms with Crippen LogP contribution in [0.25, 0.3) is 39.0 Å². The second-order valence-corrected chi connectivity index (χ2v) is 16.0. The van der Waals surface area contributed by atoms with E-state index in [2.05, 4.69) is 96.0 Å². The Labute approximate surface area is 258 Å². The van der Waals surface area contributed by atoms with E-state index >= 15 is 0 Å². The van der Waals surface area contributed by atoms with Crippen LogP contribution in [0, 0.1) is 0 Å². The summed E-state index contributed by atoms with van der Waals surface area (Å²) < 4.78 is 0. The zero-order valence-electron chi connectivity index (χ0n) is 21.6. The summed E-state index contributed by atoms with van der Waals surface area (Å²) in [5.41, 5.74) is 0. The van der Waals surface area contributed by atoms with Crippen LogP contribution in [0.5, 0.6) is 0 Å². The van der Waals surface area contributed by atoms with Crippen LogP contribution in [0.3, 0.4) is 0 Å². The Bertz CT molecular complexity index is 1600. The van der Waals surface area contributed by atoms with Crippen molar-refractivity contribution >= 4 is 80.4 Å². The van der Waals surface area contributed by atoms with Crippen molar-refractivity contribution in [3.63, 3.8) is 0 Å². The van der Waals surface area contributed by atoms with Crippen LogP contribution in [0.2, 0.25) is 0 Å². The van der Waals surface area contributed by atoms with Gasteiger partial charge < -0.3 is 0 Å². The lowest BCUT2D eigenvalue weighted by Crippen LogP contribution is -2.27. The minimum atomic E-state index is 0.257. The Morgan fingerprint density at radius 3 is 1.30 bits per heavy atom. The molecule has 0 aromatic carbocycles. The second-order valence-electron chi connectivity index (χ2n) is 9.66. The highest BCUT2D eigenvalue weighted by atomic mass is 32.1. The molecular formula is C32H26N2S6. The molecular weight excluding hydrogens is 605 g/mol. The number of thiophene rings is 6. The summed E-state index contributed by atoms with van der Waals surface area (Å²) >= 11 is 11.0. The van der Waals surface area contributed by atoms with Gasteiger partial charge in [0.15, 0.2) is 0 Å². The molecule has 0 radical (unpaired) electrons. The van der Waals surface area contributed by atoms with Gasteiger partial charge in [-0.1, -0.05) is 25.0 Å². The largest absolute Gasteiger partial charge is 0.286 e. The van der Waals surface area contributed by atoms with E-state index < -0.39 is 0 Å². The van der Waals surface area contributed by atoms with Gasteiger partial charge in [-0.25, -0.2) is 0 Å². The average Bonchev–Trinajstić information content (AvgIpc) is 3.83. The number of rotatable bonds is 8. The maximum atomic E-state index is 5.06. The molecule has 2 atom stereocenters. The van der Waals surface area contributed by atoms with Crippen LogP contribution in [0.15, 0.2) is 93.5 Å². The van der Waals surface area contributed by atoms with Crippen molar-refractivity contribution in [1.29, 1.82) is 0 Å². The molecule has 6 aromatic rings. The molecule has 7 rings (SSSR count). The minimum absolute atomic E-state index is 0.257. The molecule has 0 saturated heterocycles. The van der Waals surface area contributed by atoms with Gasteiger partial charge in [0, 0.05) is 61.2 Å². The quantitative estimate of drug-likeness (QED) is 0.150. The zero-order valence-corrected chi connectivity index (χ0v) is 26.5. The molecule has 0 bridgehead atoms. The molecule has 0 unspecified atom stereocenters. The third-order valence-corrected chi connectivity index (χ3v) is 13.7. The van der Waals surface area contributed by atoms with Crippen molar-refractivity contribution in [2.24, 2.45) is 9.98 Å². The highest BCUT2D eigenvalue weighted by Gasteiger charge is 2.23. The smallest absolute Gasteiger partial charge is 0.0723 e. The normalized spacial score (nSPS) is 17.9. The maximum Gasteiger partial charge on any atom is 0.0723 e. The summed E-state index contributed by atoms with van der Waals surface area (Å²) in [4.78, 5) is 23.2. The summed E-state index contributed by atoms with van der Waals surface area (Å²) in [7, 11) is 0. The Hall–Kier alpha value is -2.46. The van der Waals surface area contributed by atoms with E-state index in [0.29, 0.717) is 0 Å². The fourth-order valence-electron chi connectivity index (χ4n) is 4.93.